The van der Waals surface area contributed by atoms with Gasteiger partial charge < -0.3 is 10.2 Å². The van der Waals surface area contributed by atoms with Gasteiger partial charge in [0.15, 0.2) is 0 Å². The third-order valence-electron chi connectivity index (χ3n) is 8.03. The number of aryl methyl sites for hydroxylation is 1. The lowest BCUT2D eigenvalue weighted by molar-refractivity contribution is -0.141. The van der Waals surface area contributed by atoms with Gasteiger partial charge in [-0.05, 0) is 61.6 Å². The molecule has 1 saturated carbocycles. The zero-order valence-electron chi connectivity index (χ0n) is 25.3. The van der Waals surface area contributed by atoms with Crippen LogP contribution in [0, 0.1) is 6.92 Å². The molecule has 1 fully saturated rings. The molecule has 1 atom stereocenters. The van der Waals surface area contributed by atoms with Crippen LogP contribution in [0.4, 0.5) is 5.69 Å². The topological polar surface area (TPSA) is 86.8 Å². The quantitative estimate of drug-likeness (QED) is 0.216. The smallest absolute Gasteiger partial charge is 0.243 e. The van der Waals surface area contributed by atoms with Gasteiger partial charge in [0.1, 0.15) is 6.04 Å². The molecular weight excluding hydrogens is 617 g/mol. The molecule has 4 rings (SSSR count). The number of rotatable bonds is 13. The van der Waals surface area contributed by atoms with Crippen molar-refractivity contribution < 1.29 is 18.0 Å². The van der Waals surface area contributed by atoms with Crippen LogP contribution in [-0.4, -0.2) is 50.0 Å². The Labute approximate surface area is 271 Å². The van der Waals surface area contributed by atoms with Crippen LogP contribution < -0.4 is 9.62 Å². The van der Waals surface area contributed by atoms with Crippen LogP contribution in [0.5, 0.6) is 0 Å². The standard InChI is InChI=1S/C34H41Cl2N3O4S/c1-25-15-18-29(19-16-25)39(44(2,42)43)21-9-14-33(40)38(24-27-17-20-30(35)31(36)22-27)32(23-26-10-5-3-6-11-26)34(41)37-28-12-7-4-8-13-28/h3,5-6,10-11,15-20,22,28,32H,4,7-9,12-14,21,23-24H2,1-2H3,(H,37,41)/t32-/m1/s1. The van der Waals surface area contributed by atoms with E-state index in [0.29, 0.717) is 22.2 Å². The molecule has 0 bridgehead atoms. The van der Waals surface area contributed by atoms with E-state index < -0.39 is 16.1 Å². The van der Waals surface area contributed by atoms with Gasteiger partial charge in [-0.1, -0.05) is 96.6 Å². The lowest BCUT2D eigenvalue weighted by Crippen LogP contribution is -2.52. The number of halogens is 2. The molecule has 1 N–H and O–H groups in total. The summed E-state index contributed by atoms with van der Waals surface area (Å²) in [6.07, 6.45) is 6.98. The summed E-state index contributed by atoms with van der Waals surface area (Å²) in [6.45, 7) is 2.22. The van der Waals surface area contributed by atoms with Crippen LogP contribution in [0.25, 0.3) is 0 Å². The minimum atomic E-state index is -3.58. The van der Waals surface area contributed by atoms with E-state index in [4.69, 9.17) is 23.2 Å². The molecule has 0 aromatic heterocycles. The third kappa shape index (κ3) is 9.71. The summed E-state index contributed by atoms with van der Waals surface area (Å²) in [4.78, 5) is 29.6. The number of carbonyl (C=O) groups excluding carboxylic acids is 2. The van der Waals surface area contributed by atoms with Crippen molar-refractivity contribution in [2.24, 2.45) is 0 Å². The first-order valence-corrected chi connectivity index (χ1v) is 17.7. The molecular formula is C34H41Cl2N3O4S. The average Bonchev–Trinajstić information content (AvgIpc) is 3.00. The van der Waals surface area contributed by atoms with Crippen molar-refractivity contribution in [3.63, 3.8) is 0 Å². The van der Waals surface area contributed by atoms with Crippen molar-refractivity contribution in [2.75, 3.05) is 17.1 Å². The largest absolute Gasteiger partial charge is 0.352 e. The molecule has 44 heavy (non-hydrogen) atoms. The van der Waals surface area contributed by atoms with Gasteiger partial charge in [-0.25, -0.2) is 8.42 Å². The Bertz CT molecular complexity index is 1510. The normalized spacial score (nSPS) is 14.5. The van der Waals surface area contributed by atoms with Crippen molar-refractivity contribution in [1.29, 1.82) is 0 Å². The molecule has 0 spiro atoms. The van der Waals surface area contributed by atoms with Crippen LogP contribution >= 0.6 is 23.2 Å². The first-order chi connectivity index (χ1) is 21.0. The average molecular weight is 659 g/mol. The molecule has 3 aromatic carbocycles. The van der Waals surface area contributed by atoms with Crippen molar-refractivity contribution >= 4 is 50.7 Å². The van der Waals surface area contributed by atoms with Gasteiger partial charge in [0.25, 0.3) is 0 Å². The third-order valence-corrected chi connectivity index (χ3v) is 9.97. The predicted molar refractivity (Wildman–Crippen MR) is 179 cm³/mol. The molecule has 0 unspecified atom stereocenters. The second-order valence-corrected chi connectivity index (χ2v) is 14.3. The SMILES string of the molecule is Cc1ccc(N(CCCC(=O)N(Cc2ccc(Cl)c(Cl)c2)[C@H](Cc2ccccc2)C(=O)NC2CCCCC2)S(C)(=O)=O)cc1. The number of hydrogen-bond acceptors (Lipinski definition) is 4. The highest BCUT2D eigenvalue weighted by atomic mass is 35.5. The fraction of sp³-hybridized carbons (Fsp3) is 0.412. The van der Waals surface area contributed by atoms with Crippen LogP contribution in [0.1, 0.15) is 61.6 Å². The zero-order chi connectivity index (χ0) is 31.7. The van der Waals surface area contributed by atoms with E-state index in [0.717, 1.165) is 55.1 Å². The van der Waals surface area contributed by atoms with Gasteiger partial charge in [-0.15, -0.1) is 0 Å². The first kappa shape index (κ1) is 33.8. The maximum atomic E-state index is 14.1. The number of anilines is 1. The van der Waals surface area contributed by atoms with Crippen LogP contribution in [-0.2, 0) is 32.6 Å². The Hall–Kier alpha value is -3.07. The summed E-state index contributed by atoms with van der Waals surface area (Å²) in [6, 6.07) is 21.4. The summed E-state index contributed by atoms with van der Waals surface area (Å²) in [5.74, 6) is -0.431. The van der Waals surface area contributed by atoms with Gasteiger partial charge in [0.05, 0.1) is 22.0 Å². The second-order valence-electron chi connectivity index (χ2n) is 11.6. The molecule has 0 radical (unpaired) electrons. The summed E-state index contributed by atoms with van der Waals surface area (Å²) in [7, 11) is -3.58. The van der Waals surface area contributed by atoms with E-state index in [-0.39, 0.29) is 43.8 Å². The lowest BCUT2D eigenvalue weighted by Gasteiger charge is -2.34. The van der Waals surface area contributed by atoms with E-state index in [9.17, 15) is 18.0 Å². The Kier molecular flexibility index (Phi) is 12.1. The lowest BCUT2D eigenvalue weighted by atomic mass is 9.94. The highest BCUT2D eigenvalue weighted by molar-refractivity contribution is 7.92. The minimum absolute atomic E-state index is 0.0567. The number of nitrogens with zero attached hydrogens (tertiary/aromatic N) is 2. The van der Waals surface area contributed by atoms with E-state index in [1.807, 2.05) is 49.4 Å². The monoisotopic (exact) mass is 657 g/mol. The number of nitrogens with one attached hydrogen (secondary N) is 1. The molecule has 0 saturated heterocycles. The Morgan fingerprint density at radius 2 is 1.59 bits per heavy atom. The van der Waals surface area contributed by atoms with Gasteiger partial charge in [0.2, 0.25) is 21.8 Å². The Morgan fingerprint density at radius 1 is 0.909 bits per heavy atom. The van der Waals surface area contributed by atoms with Crippen LogP contribution in [0.3, 0.4) is 0 Å². The fourth-order valence-electron chi connectivity index (χ4n) is 5.65. The van der Waals surface area contributed by atoms with E-state index in [1.54, 1.807) is 35.2 Å². The van der Waals surface area contributed by atoms with Gasteiger partial charge in [-0.2, -0.15) is 0 Å². The van der Waals surface area contributed by atoms with Crippen molar-refractivity contribution in [3.8, 4) is 0 Å². The number of benzene rings is 3. The molecule has 236 valence electrons. The van der Waals surface area contributed by atoms with E-state index >= 15 is 0 Å². The summed E-state index contributed by atoms with van der Waals surface area (Å²) in [5.41, 5.74) is 3.25. The highest BCUT2D eigenvalue weighted by Gasteiger charge is 2.32. The maximum absolute atomic E-state index is 14.1. The Morgan fingerprint density at radius 3 is 2.23 bits per heavy atom. The predicted octanol–water partition coefficient (Wildman–Crippen LogP) is 6.94. The molecule has 1 aliphatic rings. The number of sulfonamides is 1. The van der Waals surface area contributed by atoms with E-state index in [1.165, 1.54) is 4.31 Å². The number of amides is 2. The number of hydrogen-bond donors (Lipinski definition) is 1. The molecule has 0 heterocycles. The molecule has 1 aliphatic carbocycles. The van der Waals surface area contributed by atoms with Gasteiger partial charge >= 0.3 is 0 Å². The van der Waals surface area contributed by atoms with Crippen molar-refractivity contribution in [1.82, 2.24) is 10.2 Å². The molecule has 2 amide bonds. The molecule has 7 nitrogen and oxygen atoms in total. The number of carbonyl (C=O) groups is 2. The highest BCUT2D eigenvalue weighted by Crippen LogP contribution is 2.26. The van der Waals surface area contributed by atoms with Crippen LogP contribution in [0.2, 0.25) is 10.0 Å². The van der Waals surface area contributed by atoms with Crippen molar-refractivity contribution in [2.45, 2.75) is 76.9 Å². The zero-order valence-corrected chi connectivity index (χ0v) is 27.7. The first-order valence-electron chi connectivity index (χ1n) is 15.1. The fourth-order valence-corrected chi connectivity index (χ4v) is 6.93. The molecule has 3 aromatic rings. The summed E-state index contributed by atoms with van der Waals surface area (Å²) >= 11 is 12.5. The maximum Gasteiger partial charge on any atom is 0.243 e. The van der Waals surface area contributed by atoms with Gasteiger partial charge in [-0.3, -0.25) is 13.9 Å². The summed E-state index contributed by atoms with van der Waals surface area (Å²) in [5, 5.41) is 4.00. The summed E-state index contributed by atoms with van der Waals surface area (Å²) < 4.78 is 26.7. The van der Waals surface area contributed by atoms with Gasteiger partial charge in [0, 0.05) is 32.0 Å². The van der Waals surface area contributed by atoms with Crippen molar-refractivity contribution in [3.05, 3.63) is 99.5 Å². The minimum Gasteiger partial charge on any atom is -0.352 e. The molecule has 10 heteroatoms. The Balaban J connectivity index is 1.60. The van der Waals surface area contributed by atoms with Crippen LogP contribution in [0.15, 0.2) is 72.8 Å². The second kappa shape index (κ2) is 15.8. The molecule has 0 aliphatic heterocycles. The van der Waals surface area contributed by atoms with E-state index in [2.05, 4.69) is 5.32 Å².